The molecule has 1 heterocycles. The lowest BCUT2D eigenvalue weighted by Gasteiger charge is -2.08. The largest absolute Gasteiger partial charge is 0.338 e. The third kappa shape index (κ3) is 5.70. The minimum absolute atomic E-state index is 0.0871. The van der Waals surface area contributed by atoms with Gasteiger partial charge in [-0.25, -0.2) is 9.78 Å². The van der Waals surface area contributed by atoms with Crippen LogP contribution in [-0.2, 0) is 6.42 Å². The summed E-state index contributed by atoms with van der Waals surface area (Å²) < 4.78 is 0. The van der Waals surface area contributed by atoms with Gasteiger partial charge in [0.25, 0.3) is 0 Å². The highest BCUT2D eigenvalue weighted by Crippen LogP contribution is 2.00. The van der Waals surface area contributed by atoms with E-state index in [0.717, 1.165) is 25.1 Å². The molecule has 0 aliphatic heterocycles. The first-order valence-corrected chi connectivity index (χ1v) is 6.51. The second-order valence-electron chi connectivity index (χ2n) is 4.09. The quantitative estimate of drug-likeness (QED) is 0.800. The maximum atomic E-state index is 11.3. The maximum absolute atomic E-state index is 11.3. The summed E-state index contributed by atoms with van der Waals surface area (Å²) in [5, 5.41) is 7.63. The molecular weight excluding hydrogens is 222 g/mol. The lowest BCUT2D eigenvalue weighted by molar-refractivity contribution is 0.240. The zero-order valence-corrected chi connectivity index (χ0v) is 10.6. The smallest absolute Gasteiger partial charge is 0.314 e. The van der Waals surface area contributed by atoms with Crippen LogP contribution in [0, 0.1) is 5.92 Å². The van der Waals surface area contributed by atoms with Gasteiger partial charge in [-0.2, -0.15) is 0 Å². The summed E-state index contributed by atoms with van der Waals surface area (Å²) in [7, 11) is 0. The van der Waals surface area contributed by atoms with Gasteiger partial charge in [-0.1, -0.05) is 13.8 Å². The summed E-state index contributed by atoms with van der Waals surface area (Å²) in [4.78, 5) is 15.5. The molecule has 0 saturated carbocycles. The predicted octanol–water partition coefficient (Wildman–Crippen LogP) is 2.03. The summed E-state index contributed by atoms with van der Waals surface area (Å²) in [6.07, 6.45) is 1.81. The molecule has 90 valence electrons. The number of nitrogens with zero attached hydrogens (tertiary/aromatic N) is 1. The van der Waals surface area contributed by atoms with Gasteiger partial charge in [0, 0.05) is 24.9 Å². The van der Waals surface area contributed by atoms with Gasteiger partial charge in [-0.3, -0.25) is 0 Å². The first-order valence-electron chi connectivity index (χ1n) is 5.57. The molecule has 1 aromatic heterocycles. The van der Waals surface area contributed by atoms with E-state index in [9.17, 15) is 4.79 Å². The van der Waals surface area contributed by atoms with E-state index in [1.807, 2.05) is 5.38 Å². The highest BCUT2D eigenvalue weighted by molar-refractivity contribution is 7.07. The minimum atomic E-state index is -0.0871. The van der Waals surface area contributed by atoms with Crippen LogP contribution in [0.4, 0.5) is 4.79 Å². The van der Waals surface area contributed by atoms with Crippen molar-refractivity contribution in [3.8, 4) is 0 Å². The van der Waals surface area contributed by atoms with E-state index in [2.05, 4.69) is 29.5 Å². The van der Waals surface area contributed by atoms with E-state index in [4.69, 9.17) is 0 Å². The van der Waals surface area contributed by atoms with Crippen molar-refractivity contribution >= 4 is 17.4 Å². The monoisotopic (exact) mass is 241 g/mol. The number of hydrogen-bond donors (Lipinski definition) is 2. The molecule has 1 aromatic rings. The van der Waals surface area contributed by atoms with E-state index in [1.54, 1.807) is 16.8 Å². The zero-order chi connectivity index (χ0) is 11.8. The summed E-state index contributed by atoms with van der Waals surface area (Å²) in [5.74, 6) is 0.621. The molecule has 1 rings (SSSR count). The summed E-state index contributed by atoms with van der Waals surface area (Å²) >= 11 is 1.58. The molecule has 0 atom stereocenters. The Balaban J connectivity index is 2.02. The Bertz CT molecular complexity index is 298. The normalized spacial score (nSPS) is 10.4. The summed E-state index contributed by atoms with van der Waals surface area (Å²) in [5.41, 5.74) is 2.84. The average molecular weight is 241 g/mol. The third-order valence-corrected chi connectivity index (χ3v) is 2.79. The van der Waals surface area contributed by atoms with Crippen LogP contribution in [0.5, 0.6) is 0 Å². The Labute approximate surface area is 100 Å². The van der Waals surface area contributed by atoms with E-state index in [0.29, 0.717) is 12.5 Å². The Morgan fingerprint density at radius 2 is 2.19 bits per heavy atom. The number of amides is 2. The Morgan fingerprint density at radius 1 is 1.44 bits per heavy atom. The molecule has 0 spiro atoms. The van der Waals surface area contributed by atoms with Crippen molar-refractivity contribution in [2.45, 2.75) is 26.7 Å². The third-order valence-electron chi connectivity index (χ3n) is 2.16. The first kappa shape index (κ1) is 13.0. The molecule has 0 unspecified atom stereocenters. The van der Waals surface area contributed by atoms with Crippen LogP contribution in [-0.4, -0.2) is 24.1 Å². The maximum Gasteiger partial charge on any atom is 0.314 e. The number of carbonyl (C=O) groups is 1. The fourth-order valence-electron chi connectivity index (χ4n) is 1.20. The Hall–Kier alpha value is -1.10. The van der Waals surface area contributed by atoms with Crippen molar-refractivity contribution in [2.24, 2.45) is 5.92 Å². The van der Waals surface area contributed by atoms with E-state index >= 15 is 0 Å². The van der Waals surface area contributed by atoms with Gasteiger partial charge in [0.2, 0.25) is 0 Å². The molecule has 0 aliphatic rings. The highest BCUT2D eigenvalue weighted by Gasteiger charge is 2.00. The standard InChI is InChI=1S/C11H19N3OS/c1-9(2)3-5-12-11(15)13-6-4-10-7-16-8-14-10/h7-9H,3-6H2,1-2H3,(H2,12,13,15). The molecule has 0 bridgehead atoms. The molecule has 0 saturated heterocycles. The predicted molar refractivity (Wildman–Crippen MR) is 66.7 cm³/mol. The number of thiazole rings is 1. The number of hydrogen-bond acceptors (Lipinski definition) is 3. The number of aromatic nitrogens is 1. The number of carbonyl (C=O) groups excluding carboxylic acids is 1. The Morgan fingerprint density at radius 3 is 2.81 bits per heavy atom. The van der Waals surface area contributed by atoms with Crippen LogP contribution in [0.25, 0.3) is 0 Å². The molecule has 0 aliphatic carbocycles. The highest BCUT2D eigenvalue weighted by atomic mass is 32.1. The molecule has 2 N–H and O–H groups in total. The lowest BCUT2D eigenvalue weighted by atomic mass is 10.1. The average Bonchev–Trinajstić information content (AvgIpc) is 2.70. The number of rotatable bonds is 6. The van der Waals surface area contributed by atoms with Crippen LogP contribution < -0.4 is 10.6 Å². The van der Waals surface area contributed by atoms with Gasteiger partial charge in [0.05, 0.1) is 11.2 Å². The lowest BCUT2D eigenvalue weighted by Crippen LogP contribution is -2.37. The van der Waals surface area contributed by atoms with Crippen LogP contribution in [0.2, 0.25) is 0 Å². The fraction of sp³-hybridized carbons (Fsp3) is 0.636. The van der Waals surface area contributed by atoms with E-state index < -0.39 is 0 Å². The van der Waals surface area contributed by atoms with E-state index in [-0.39, 0.29) is 6.03 Å². The topological polar surface area (TPSA) is 54.0 Å². The molecule has 16 heavy (non-hydrogen) atoms. The SMILES string of the molecule is CC(C)CCNC(=O)NCCc1cscn1. The van der Waals surface area contributed by atoms with Crippen molar-refractivity contribution in [1.29, 1.82) is 0 Å². The molecular formula is C11H19N3OS. The molecule has 4 nitrogen and oxygen atoms in total. The summed E-state index contributed by atoms with van der Waals surface area (Å²) in [6.45, 7) is 5.65. The van der Waals surface area contributed by atoms with Gasteiger partial charge in [0.1, 0.15) is 0 Å². The van der Waals surface area contributed by atoms with E-state index in [1.165, 1.54) is 0 Å². The van der Waals surface area contributed by atoms with Gasteiger partial charge < -0.3 is 10.6 Å². The number of urea groups is 1. The Kier molecular flexibility index (Phi) is 5.85. The molecule has 2 amide bonds. The van der Waals surface area contributed by atoms with Crippen molar-refractivity contribution in [3.05, 3.63) is 16.6 Å². The van der Waals surface area contributed by atoms with Crippen molar-refractivity contribution < 1.29 is 4.79 Å². The van der Waals surface area contributed by atoms with Crippen LogP contribution in [0.3, 0.4) is 0 Å². The second kappa shape index (κ2) is 7.22. The van der Waals surface area contributed by atoms with Gasteiger partial charge in [0.15, 0.2) is 0 Å². The van der Waals surface area contributed by atoms with Gasteiger partial charge >= 0.3 is 6.03 Å². The molecule has 5 heteroatoms. The molecule has 0 aromatic carbocycles. The molecule has 0 radical (unpaired) electrons. The van der Waals surface area contributed by atoms with Crippen LogP contribution in [0.15, 0.2) is 10.9 Å². The first-order chi connectivity index (χ1) is 7.68. The second-order valence-corrected chi connectivity index (χ2v) is 4.81. The minimum Gasteiger partial charge on any atom is -0.338 e. The van der Waals surface area contributed by atoms with Crippen LogP contribution in [0.1, 0.15) is 26.0 Å². The van der Waals surface area contributed by atoms with Crippen molar-refractivity contribution in [2.75, 3.05) is 13.1 Å². The van der Waals surface area contributed by atoms with Crippen LogP contribution >= 0.6 is 11.3 Å². The van der Waals surface area contributed by atoms with Gasteiger partial charge in [-0.05, 0) is 12.3 Å². The number of nitrogens with one attached hydrogen (secondary N) is 2. The van der Waals surface area contributed by atoms with Crippen molar-refractivity contribution in [1.82, 2.24) is 15.6 Å². The molecule has 0 fully saturated rings. The fourth-order valence-corrected chi connectivity index (χ4v) is 1.79. The zero-order valence-electron chi connectivity index (χ0n) is 9.82. The van der Waals surface area contributed by atoms with Gasteiger partial charge in [-0.15, -0.1) is 11.3 Å². The summed E-state index contributed by atoms with van der Waals surface area (Å²) in [6, 6.07) is -0.0871. The van der Waals surface area contributed by atoms with Crippen molar-refractivity contribution in [3.63, 3.8) is 0 Å².